The van der Waals surface area contributed by atoms with Gasteiger partial charge in [-0.25, -0.2) is 9.89 Å². The van der Waals surface area contributed by atoms with E-state index < -0.39 is 17.1 Å². The quantitative estimate of drug-likeness (QED) is 0.599. The molecule has 0 atom stereocenters. The molecule has 7 nitrogen and oxygen atoms in total. The van der Waals surface area contributed by atoms with E-state index in [1.165, 1.54) is 12.1 Å². The Hall–Kier alpha value is -2.83. The minimum Gasteiger partial charge on any atom is -0.508 e. The monoisotopic (exact) mass is 247 g/mol. The standard InChI is InChI=1S/C11H9N3O4/c15-7-3-1-6(2-4-7)12-9-5-8(11(17)18)10(16)14-13-9/h1-5,15H,(H,12,13)(H,14,16)(H,17,18). The minimum atomic E-state index is -1.33. The van der Waals surface area contributed by atoms with Crippen molar-refractivity contribution in [2.24, 2.45) is 0 Å². The van der Waals surface area contributed by atoms with E-state index in [2.05, 4.69) is 15.5 Å². The summed E-state index contributed by atoms with van der Waals surface area (Å²) in [4.78, 5) is 21.9. The zero-order valence-corrected chi connectivity index (χ0v) is 9.04. The fourth-order valence-electron chi connectivity index (χ4n) is 1.32. The Labute approximate surface area is 101 Å². The number of anilines is 2. The van der Waals surface area contributed by atoms with Crippen molar-refractivity contribution in [2.75, 3.05) is 5.32 Å². The van der Waals surface area contributed by atoms with Crippen molar-refractivity contribution in [1.29, 1.82) is 0 Å². The highest BCUT2D eigenvalue weighted by Gasteiger charge is 2.10. The summed E-state index contributed by atoms with van der Waals surface area (Å²) in [5.41, 5.74) is -0.561. The van der Waals surface area contributed by atoms with E-state index in [4.69, 9.17) is 10.2 Å². The van der Waals surface area contributed by atoms with E-state index in [0.29, 0.717) is 5.69 Å². The van der Waals surface area contributed by atoms with Crippen molar-refractivity contribution in [3.63, 3.8) is 0 Å². The second-order valence-corrected chi connectivity index (χ2v) is 3.47. The van der Waals surface area contributed by atoms with Gasteiger partial charge in [0.2, 0.25) is 0 Å². The van der Waals surface area contributed by atoms with Crippen LogP contribution in [0, 0.1) is 0 Å². The molecule has 0 unspecified atom stereocenters. The number of aromatic carboxylic acids is 1. The van der Waals surface area contributed by atoms with Gasteiger partial charge in [-0.2, -0.15) is 5.10 Å². The van der Waals surface area contributed by atoms with Crippen LogP contribution >= 0.6 is 0 Å². The van der Waals surface area contributed by atoms with Crippen LogP contribution < -0.4 is 10.9 Å². The molecule has 92 valence electrons. The van der Waals surface area contributed by atoms with Crippen LogP contribution in [0.25, 0.3) is 0 Å². The van der Waals surface area contributed by atoms with Gasteiger partial charge < -0.3 is 15.5 Å². The third kappa shape index (κ3) is 2.46. The predicted molar refractivity (Wildman–Crippen MR) is 63.2 cm³/mol. The molecular weight excluding hydrogens is 238 g/mol. The Balaban J connectivity index is 2.30. The molecule has 18 heavy (non-hydrogen) atoms. The largest absolute Gasteiger partial charge is 0.508 e. The third-order valence-corrected chi connectivity index (χ3v) is 2.17. The summed E-state index contributed by atoms with van der Waals surface area (Å²) in [6, 6.07) is 7.23. The first kappa shape index (κ1) is 11.6. The molecule has 0 fully saturated rings. The normalized spacial score (nSPS) is 10.0. The number of aromatic amines is 1. The van der Waals surface area contributed by atoms with Gasteiger partial charge in [-0.05, 0) is 24.3 Å². The van der Waals surface area contributed by atoms with Crippen LogP contribution in [0.5, 0.6) is 5.75 Å². The topological polar surface area (TPSA) is 115 Å². The highest BCUT2D eigenvalue weighted by Crippen LogP contribution is 2.17. The molecule has 2 rings (SSSR count). The second-order valence-electron chi connectivity index (χ2n) is 3.47. The van der Waals surface area contributed by atoms with E-state index >= 15 is 0 Å². The Bertz CT molecular complexity index is 633. The van der Waals surface area contributed by atoms with Crippen LogP contribution in [0.1, 0.15) is 10.4 Å². The highest BCUT2D eigenvalue weighted by molar-refractivity contribution is 5.88. The number of phenols is 1. The number of carboxylic acid groups (broad SMARTS) is 1. The predicted octanol–water partition coefficient (Wildman–Crippen LogP) is 0.917. The molecule has 0 aliphatic rings. The van der Waals surface area contributed by atoms with Gasteiger partial charge in [-0.3, -0.25) is 4.79 Å². The Morgan fingerprint density at radius 1 is 1.28 bits per heavy atom. The van der Waals surface area contributed by atoms with E-state index in [1.807, 2.05) is 0 Å². The fourth-order valence-corrected chi connectivity index (χ4v) is 1.32. The van der Waals surface area contributed by atoms with Crippen LogP contribution in [-0.4, -0.2) is 26.4 Å². The number of hydrogen-bond donors (Lipinski definition) is 4. The lowest BCUT2D eigenvalue weighted by atomic mass is 10.3. The van der Waals surface area contributed by atoms with Gasteiger partial charge >= 0.3 is 5.97 Å². The van der Waals surface area contributed by atoms with Crippen molar-refractivity contribution in [1.82, 2.24) is 10.2 Å². The molecule has 0 saturated carbocycles. The lowest BCUT2D eigenvalue weighted by Gasteiger charge is -2.05. The maximum absolute atomic E-state index is 11.2. The summed E-state index contributed by atoms with van der Waals surface area (Å²) in [6.45, 7) is 0. The lowest BCUT2D eigenvalue weighted by molar-refractivity contribution is 0.0694. The molecule has 4 N–H and O–H groups in total. The Morgan fingerprint density at radius 2 is 1.94 bits per heavy atom. The molecule has 1 aromatic carbocycles. The smallest absolute Gasteiger partial charge is 0.341 e. The third-order valence-electron chi connectivity index (χ3n) is 2.17. The summed E-state index contributed by atoms with van der Waals surface area (Å²) in [5.74, 6) is -1.02. The number of hydrogen-bond acceptors (Lipinski definition) is 5. The first-order valence-electron chi connectivity index (χ1n) is 4.95. The van der Waals surface area contributed by atoms with Gasteiger partial charge in [0.05, 0.1) is 0 Å². The van der Waals surface area contributed by atoms with E-state index in [1.54, 1.807) is 12.1 Å². The van der Waals surface area contributed by atoms with Crippen molar-refractivity contribution in [2.45, 2.75) is 0 Å². The molecule has 0 amide bonds. The number of rotatable bonds is 3. The summed E-state index contributed by atoms with van der Waals surface area (Å²) >= 11 is 0. The van der Waals surface area contributed by atoms with Crippen molar-refractivity contribution < 1.29 is 15.0 Å². The number of carboxylic acids is 1. The van der Waals surface area contributed by atoms with Gasteiger partial charge in [0.1, 0.15) is 11.3 Å². The van der Waals surface area contributed by atoms with Gasteiger partial charge in [-0.1, -0.05) is 0 Å². The number of aromatic hydroxyl groups is 1. The summed E-state index contributed by atoms with van der Waals surface area (Å²) < 4.78 is 0. The molecule has 0 spiro atoms. The van der Waals surface area contributed by atoms with E-state index in [0.717, 1.165) is 6.07 Å². The summed E-state index contributed by atoms with van der Waals surface area (Å²) in [6.07, 6.45) is 0. The molecule has 7 heteroatoms. The molecular formula is C11H9N3O4. The number of H-pyrrole nitrogens is 1. The van der Waals surface area contributed by atoms with Gasteiger partial charge in [0.25, 0.3) is 5.56 Å². The number of phenolic OH excluding ortho intramolecular Hbond substituents is 1. The first-order valence-corrected chi connectivity index (χ1v) is 4.95. The zero-order valence-electron chi connectivity index (χ0n) is 9.04. The van der Waals surface area contributed by atoms with Crippen LogP contribution in [0.15, 0.2) is 35.1 Å². The van der Waals surface area contributed by atoms with Crippen LogP contribution in [0.4, 0.5) is 11.5 Å². The van der Waals surface area contributed by atoms with E-state index in [-0.39, 0.29) is 11.6 Å². The minimum absolute atomic E-state index is 0.112. The zero-order chi connectivity index (χ0) is 13.1. The first-order chi connectivity index (χ1) is 8.56. The number of nitrogens with one attached hydrogen (secondary N) is 2. The number of nitrogens with zero attached hydrogens (tertiary/aromatic N) is 1. The lowest BCUT2D eigenvalue weighted by Crippen LogP contribution is -2.19. The second kappa shape index (κ2) is 4.58. The van der Waals surface area contributed by atoms with Gasteiger partial charge in [0.15, 0.2) is 5.82 Å². The van der Waals surface area contributed by atoms with Gasteiger partial charge in [-0.15, -0.1) is 0 Å². The maximum Gasteiger partial charge on any atom is 0.341 e. The average molecular weight is 247 g/mol. The van der Waals surface area contributed by atoms with E-state index in [9.17, 15) is 9.59 Å². The summed E-state index contributed by atoms with van der Waals surface area (Å²) in [7, 11) is 0. The molecule has 0 saturated heterocycles. The number of carbonyl (C=O) groups is 1. The molecule has 0 bridgehead atoms. The molecule has 1 aromatic heterocycles. The van der Waals surface area contributed by atoms with Crippen LogP contribution in [0.2, 0.25) is 0 Å². The van der Waals surface area contributed by atoms with Crippen LogP contribution in [0.3, 0.4) is 0 Å². The van der Waals surface area contributed by atoms with Crippen molar-refractivity contribution >= 4 is 17.5 Å². The SMILES string of the molecule is O=C(O)c1cc(Nc2ccc(O)cc2)n[nH]c1=O. The summed E-state index contributed by atoms with van der Waals surface area (Å²) in [5, 5.41) is 26.4. The van der Waals surface area contributed by atoms with Crippen molar-refractivity contribution in [3.05, 3.63) is 46.2 Å². The molecule has 2 aromatic rings. The molecule has 0 aliphatic carbocycles. The number of aromatic nitrogens is 2. The highest BCUT2D eigenvalue weighted by atomic mass is 16.4. The van der Waals surface area contributed by atoms with Gasteiger partial charge in [0, 0.05) is 11.8 Å². The average Bonchev–Trinajstić information content (AvgIpc) is 2.34. The molecule has 0 aliphatic heterocycles. The fraction of sp³-hybridized carbons (Fsp3) is 0. The Kier molecular flexibility index (Phi) is 2.96. The Morgan fingerprint density at radius 3 is 2.56 bits per heavy atom. The number of benzene rings is 1. The molecule has 0 radical (unpaired) electrons. The van der Waals surface area contributed by atoms with Crippen LogP contribution in [-0.2, 0) is 0 Å². The van der Waals surface area contributed by atoms with Crippen molar-refractivity contribution in [3.8, 4) is 5.75 Å². The molecule has 1 heterocycles. The maximum atomic E-state index is 11.2.